The zero-order chi connectivity index (χ0) is 13.9. The fourth-order valence-electron chi connectivity index (χ4n) is 2.17. The Hall–Kier alpha value is -0.680. The summed E-state index contributed by atoms with van der Waals surface area (Å²) in [6, 6.07) is 16.4. The number of ether oxygens (including phenoxy) is 2. The van der Waals surface area contributed by atoms with Crippen molar-refractivity contribution in [1.29, 1.82) is 0 Å². The molecule has 2 aromatic carbocycles. The van der Waals surface area contributed by atoms with E-state index in [0.717, 1.165) is 8.95 Å². The minimum Gasteiger partial charge on any atom is -0.374 e. The van der Waals surface area contributed by atoms with Gasteiger partial charge < -0.3 is 9.47 Å². The van der Waals surface area contributed by atoms with Crippen LogP contribution in [0.5, 0.6) is 0 Å². The van der Waals surface area contributed by atoms with Crippen LogP contribution in [-0.4, -0.2) is 12.7 Å². The highest BCUT2D eigenvalue weighted by Gasteiger charge is 2.40. The standard InChI is InChI=1S/C16H14Br2O2/c17-13-6-12(7-14(18)8-13)16-15(20-16)10-19-9-11-4-2-1-3-5-11/h1-8,15-16H,9-10H2/t15-,16+/m0/s1. The van der Waals surface area contributed by atoms with Crippen LogP contribution in [0, 0.1) is 0 Å². The molecule has 0 aromatic heterocycles. The van der Waals surface area contributed by atoms with E-state index in [2.05, 4.69) is 56.1 Å². The van der Waals surface area contributed by atoms with E-state index in [1.807, 2.05) is 24.3 Å². The average Bonchev–Trinajstić information content (AvgIpc) is 3.18. The lowest BCUT2D eigenvalue weighted by atomic mass is 10.1. The van der Waals surface area contributed by atoms with E-state index in [-0.39, 0.29) is 12.2 Å². The van der Waals surface area contributed by atoms with Crippen LogP contribution in [0.2, 0.25) is 0 Å². The summed E-state index contributed by atoms with van der Waals surface area (Å²) in [6.07, 6.45) is 0.319. The Morgan fingerprint density at radius 1 is 1.00 bits per heavy atom. The molecule has 3 rings (SSSR count). The third kappa shape index (κ3) is 3.70. The Kier molecular flexibility index (Phi) is 4.56. The normalized spacial score (nSPS) is 20.9. The van der Waals surface area contributed by atoms with Gasteiger partial charge in [0, 0.05) is 8.95 Å². The van der Waals surface area contributed by atoms with E-state index >= 15 is 0 Å². The van der Waals surface area contributed by atoms with Gasteiger partial charge in [-0.3, -0.25) is 0 Å². The van der Waals surface area contributed by atoms with Crippen LogP contribution >= 0.6 is 31.9 Å². The van der Waals surface area contributed by atoms with Crippen LogP contribution in [0.1, 0.15) is 17.2 Å². The predicted octanol–water partition coefficient (Wildman–Crippen LogP) is 4.87. The summed E-state index contributed by atoms with van der Waals surface area (Å²) in [5.74, 6) is 0. The second kappa shape index (κ2) is 6.39. The van der Waals surface area contributed by atoms with Gasteiger partial charge in [0.2, 0.25) is 0 Å². The molecule has 0 unspecified atom stereocenters. The molecule has 0 radical (unpaired) electrons. The minimum atomic E-state index is 0.152. The zero-order valence-corrected chi connectivity index (χ0v) is 13.9. The van der Waals surface area contributed by atoms with Crippen molar-refractivity contribution in [2.75, 3.05) is 6.61 Å². The van der Waals surface area contributed by atoms with E-state index in [1.54, 1.807) is 0 Å². The van der Waals surface area contributed by atoms with Gasteiger partial charge in [-0.25, -0.2) is 0 Å². The van der Waals surface area contributed by atoms with Gasteiger partial charge in [-0.15, -0.1) is 0 Å². The second-order valence-corrected chi connectivity index (χ2v) is 6.63. The van der Waals surface area contributed by atoms with Crippen LogP contribution in [-0.2, 0) is 16.1 Å². The molecule has 0 bridgehead atoms. The van der Waals surface area contributed by atoms with Crippen LogP contribution < -0.4 is 0 Å². The van der Waals surface area contributed by atoms with Gasteiger partial charge in [0.05, 0.1) is 13.2 Å². The van der Waals surface area contributed by atoms with Gasteiger partial charge in [-0.1, -0.05) is 62.2 Å². The number of hydrogen-bond donors (Lipinski definition) is 0. The molecule has 1 aliphatic heterocycles. The lowest BCUT2D eigenvalue weighted by Crippen LogP contribution is -2.02. The van der Waals surface area contributed by atoms with Crippen LogP contribution in [0.4, 0.5) is 0 Å². The Morgan fingerprint density at radius 3 is 2.40 bits per heavy atom. The molecule has 0 saturated carbocycles. The van der Waals surface area contributed by atoms with Crippen molar-refractivity contribution >= 4 is 31.9 Å². The maximum atomic E-state index is 5.71. The molecule has 2 aromatic rings. The largest absolute Gasteiger partial charge is 0.374 e. The second-order valence-electron chi connectivity index (χ2n) is 4.80. The molecule has 4 heteroatoms. The number of rotatable bonds is 5. The maximum absolute atomic E-state index is 5.71. The average molecular weight is 398 g/mol. The predicted molar refractivity (Wildman–Crippen MR) is 85.6 cm³/mol. The van der Waals surface area contributed by atoms with Crippen molar-refractivity contribution in [3.8, 4) is 0 Å². The van der Waals surface area contributed by atoms with Crippen molar-refractivity contribution in [1.82, 2.24) is 0 Å². The smallest absolute Gasteiger partial charge is 0.112 e. The van der Waals surface area contributed by atoms with Gasteiger partial charge in [-0.05, 0) is 29.3 Å². The van der Waals surface area contributed by atoms with Crippen molar-refractivity contribution in [2.45, 2.75) is 18.8 Å². The highest BCUT2D eigenvalue weighted by atomic mass is 79.9. The fourth-order valence-corrected chi connectivity index (χ4v) is 3.50. The van der Waals surface area contributed by atoms with Gasteiger partial charge in [0.1, 0.15) is 12.2 Å². The van der Waals surface area contributed by atoms with Gasteiger partial charge in [-0.2, -0.15) is 0 Å². The number of halogens is 2. The van der Waals surface area contributed by atoms with Crippen LogP contribution in [0.15, 0.2) is 57.5 Å². The molecular weight excluding hydrogens is 384 g/mol. The van der Waals surface area contributed by atoms with Gasteiger partial charge in [0.15, 0.2) is 0 Å². The monoisotopic (exact) mass is 396 g/mol. The summed E-state index contributed by atoms with van der Waals surface area (Å²) >= 11 is 6.99. The van der Waals surface area contributed by atoms with E-state index < -0.39 is 0 Å². The topological polar surface area (TPSA) is 21.8 Å². The first-order chi connectivity index (χ1) is 9.72. The summed E-state index contributed by atoms with van der Waals surface area (Å²) in [5.41, 5.74) is 2.37. The van der Waals surface area contributed by atoms with E-state index in [4.69, 9.17) is 9.47 Å². The van der Waals surface area contributed by atoms with Gasteiger partial charge >= 0.3 is 0 Å². The SMILES string of the molecule is Brc1cc(Br)cc([C@H]2O[C@H]2COCc2ccccc2)c1. The number of benzene rings is 2. The molecular formula is C16H14Br2O2. The Labute approximate surface area is 135 Å². The van der Waals surface area contributed by atoms with Crippen molar-refractivity contribution in [3.63, 3.8) is 0 Å². The Bertz CT molecular complexity index is 566. The molecule has 2 nitrogen and oxygen atoms in total. The Morgan fingerprint density at radius 2 is 1.70 bits per heavy atom. The molecule has 1 saturated heterocycles. The third-order valence-corrected chi connectivity index (χ3v) is 4.11. The summed E-state index contributed by atoms with van der Waals surface area (Å²) in [5, 5.41) is 0. The molecule has 104 valence electrons. The molecule has 20 heavy (non-hydrogen) atoms. The summed E-state index contributed by atoms with van der Waals surface area (Å²) in [4.78, 5) is 0. The Balaban J connectivity index is 1.50. The van der Waals surface area contributed by atoms with E-state index in [9.17, 15) is 0 Å². The quantitative estimate of drug-likeness (QED) is 0.671. The lowest BCUT2D eigenvalue weighted by Gasteiger charge is -2.02. The molecule has 1 aliphatic rings. The molecule has 1 fully saturated rings. The highest BCUT2D eigenvalue weighted by molar-refractivity contribution is 9.11. The molecule has 0 amide bonds. The number of epoxide rings is 1. The first kappa shape index (κ1) is 14.3. The van der Waals surface area contributed by atoms with Crippen molar-refractivity contribution < 1.29 is 9.47 Å². The number of hydrogen-bond acceptors (Lipinski definition) is 2. The van der Waals surface area contributed by atoms with E-state index in [1.165, 1.54) is 11.1 Å². The molecule has 1 heterocycles. The summed E-state index contributed by atoms with van der Waals surface area (Å²) in [6.45, 7) is 1.26. The minimum absolute atomic E-state index is 0.152. The van der Waals surface area contributed by atoms with Crippen molar-refractivity contribution in [3.05, 3.63) is 68.6 Å². The van der Waals surface area contributed by atoms with Gasteiger partial charge in [0.25, 0.3) is 0 Å². The van der Waals surface area contributed by atoms with Crippen LogP contribution in [0.25, 0.3) is 0 Å². The molecule has 0 aliphatic carbocycles. The lowest BCUT2D eigenvalue weighted by molar-refractivity contribution is 0.104. The first-order valence-corrected chi connectivity index (χ1v) is 8.04. The molecule has 0 spiro atoms. The third-order valence-electron chi connectivity index (χ3n) is 3.19. The summed E-state index contributed by atoms with van der Waals surface area (Å²) < 4.78 is 13.5. The summed E-state index contributed by atoms with van der Waals surface area (Å²) in [7, 11) is 0. The fraction of sp³-hybridized carbons (Fsp3) is 0.250. The maximum Gasteiger partial charge on any atom is 0.112 e. The zero-order valence-electron chi connectivity index (χ0n) is 10.8. The van der Waals surface area contributed by atoms with E-state index in [0.29, 0.717) is 13.2 Å². The first-order valence-electron chi connectivity index (χ1n) is 6.45. The molecule has 0 N–H and O–H groups in total. The highest BCUT2D eigenvalue weighted by Crippen LogP contribution is 2.40. The van der Waals surface area contributed by atoms with Crippen LogP contribution in [0.3, 0.4) is 0 Å². The van der Waals surface area contributed by atoms with Crippen molar-refractivity contribution in [2.24, 2.45) is 0 Å². The molecule has 2 atom stereocenters.